The zero-order valence-electron chi connectivity index (χ0n) is 10.4. The van der Waals surface area contributed by atoms with E-state index < -0.39 is 12.0 Å². The van der Waals surface area contributed by atoms with E-state index in [1.54, 1.807) is 13.1 Å². The molecule has 0 bridgehead atoms. The summed E-state index contributed by atoms with van der Waals surface area (Å²) in [5.74, 6) is -0.939. The number of nitrogens with one attached hydrogen (secondary N) is 2. The Balaban J connectivity index is 2.32. The molecule has 1 atom stereocenters. The van der Waals surface area contributed by atoms with Crippen molar-refractivity contribution in [1.29, 1.82) is 0 Å². The maximum absolute atomic E-state index is 11.4. The molecule has 0 saturated carbocycles. The number of pyridine rings is 1. The molecule has 1 heterocycles. The number of amides is 2. The molecular weight excluding hydrogens is 234 g/mol. The fourth-order valence-corrected chi connectivity index (χ4v) is 1.37. The van der Waals surface area contributed by atoms with E-state index in [9.17, 15) is 9.59 Å². The van der Waals surface area contributed by atoms with Crippen LogP contribution < -0.4 is 10.6 Å². The molecule has 1 unspecified atom stereocenters. The number of aliphatic carboxylic acids is 1. The van der Waals surface area contributed by atoms with Gasteiger partial charge in [0.2, 0.25) is 0 Å². The van der Waals surface area contributed by atoms with Crippen molar-refractivity contribution in [3.63, 3.8) is 0 Å². The SMILES string of the molecule is Cc1ccc(CNC(=O)NC(C)CC(=O)O)cn1. The van der Waals surface area contributed by atoms with Crippen LogP contribution >= 0.6 is 0 Å². The van der Waals surface area contributed by atoms with Gasteiger partial charge in [0.25, 0.3) is 0 Å². The van der Waals surface area contributed by atoms with Crippen LogP contribution in [-0.2, 0) is 11.3 Å². The van der Waals surface area contributed by atoms with Crippen LogP contribution in [0.4, 0.5) is 4.79 Å². The standard InChI is InChI=1S/C12H17N3O3/c1-8-3-4-10(6-13-8)7-14-12(18)15-9(2)5-11(16)17/h3-4,6,9H,5,7H2,1-2H3,(H,16,17)(H2,14,15,18). The first-order valence-electron chi connectivity index (χ1n) is 5.65. The third kappa shape index (κ3) is 5.29. The number of aryl methyl sites for hydroxylation is 1. The number of nitrogens with zero attached hydrogens (tertiary/aromatic N) is 1. The predicted octanol–water partition coefficient (Wildman–Crippen LogP) is 1.05. The number of aromatic nitrogens is 1. The summed E-state index contributed by atoms with van der Waals surface area (Å²) < 4.78 is 0. The number of carboxylic acids is 1. The minimum absolute atomic E-state index is 0.0977. The monoisotopic (exact) mass is 251 g/mol. The van der Waals surface area contributed by atoms with Gasteiger partial charge in [0.15, 0.2) is 0 Å². The molecule has 98 valence electrons. The molecule has 6 heteroatoms. The summed E-state index contributed by atoms with van der Waals surface area (Å²) in [5, 5.41) is 13.7. The van der Waals surface area contributed by atoms with Gasteiger partial charge in [-0.05, 0) is 25.5 Å². The maximum atomic E-state index is 11.4. The van der Waals surface area contributed by atoms with Crippen LogP contribution in [0.5, 0.6) is 0 Å². The second kappa shape index (κ2) is 6.58. The smallest absolute Gasteiger partial charge is 0.315 e. The Labute approximate surface area is 105 Å². The van der Waals surface area contributed by atoms with Crippen molar-refractivity contribution < 1.29 is 14.7 Å². The predicted molar refractivity (Wildman–Crippen MR) is 66.1 cm³/mol. The summed E-state index contributed by atoms with van der Waals surface area (Å²) in [5.41, 5.74) is 1.81. The number of carboxylic acid groups (broad SMARTS) is 1. The van der Waals surface area contributed by atoms with E-state index in [-0.39, 0.29) is 12.5 Å². The number of hydrogen-bond acceptors (Lipinski definition) is 3. The Bertz CT molecular complexity index is 417. The quantitative estimate of drug-likeness (QED) is 0.729. The minimum atomic E-state index is -0.939. The molecule has 0 spiro atoms. The molecule has 0 saturated heterocycles. The van der Waals surface area contributed by atoms with E-state index in [0.29, 0.717) is 6.54 Å². The Hall–Kier alpha value is -2.11. The van der Waals surface area contributed by atoms with E-state index in [1.807, 2.05) is 19.1 Å². The van der Waals surface area contributed by atoms with Crippen molar-refractivity contribution in [2.45, 2.75) is 32.9 Å². The minimum Gasteiger partial charge on any atom is -0.481 e. The first-order chi connectivity index (χ1) is 8.47. The van der Waals surface area contributed by atoms with Gasteiger partial charge >= 0.3 is 12.0 Å². The summed E-state index contributed by atoms with van der Waals surface area (Å²) in [6.45, 7) is 3.89. The van der Waals surface area contributed by atoms with Gasteiger partial charge in [-0.15, -0.1) is 0 Å². The van der Waals surface area contributed by atoms with Crippen LogP contribution in [0.15, 0.2) is 18.3 Å². The van der Waals surface area contributed by atoms with E-state index in [2.05, 4.69) is 15.6 Å². The molecular formula is C12H17N3O3. The van der Waals surface area contributed by atoms with E-state index >= 15 is 0 Å². The molecule has 0 aromatic carbocycles. The third-order valence-electron chi connectivity index (χ3n) is 2.28. The molecule has 0 fully saturated rings. The fourth-order valence-electron chi connectivity index (χ4n) is 1.37. The molecule has 0 radical (unpaired) electrons. The van der Waals surface area contributed by atoms with Crippen molar-refractivity contribution >= 4 is 12.0 Å². The van der Waals surface area contributed by atoms with Crippen LogP contribution in [0.25, 0.3) is 0 Å². The molecule has 1 rings (SSSR count). The van der Waals surface area contributed by atoms with Gasteiger partial charge in [0.05, 0.1) is 6.42 Å². The molecule has 0 aliphatic heterocycles. The highest BCUT2D eigenvalue weighted by atomic mass is 16.4. The first-order valence-corrected chi connectivity index (χ1v) is 5.65. The topological polar surface area (TPSA) is 91.3 Å². The van der Waals surface area contributed by atoms with Gasteiger partial charge in [-0.3, -0.25) is 9.78 Å². The summed E-state index contributed by atoms with van der Waals surface area (Å²) in [6.07, 6.45) is 1.59. The van der Waals surface area contributed by atoms with Crippen molar-refractivity contribution in [1.82, 2.24) is 15.6 Å². The highest BCUT2D eigenvalue weighted by molar-refractivity contribution is 5.75. The number of rotatable bonds is 5. The summed E-state index contributed by atoms with van der Waals surface area (Å²) in [7, 11) is 0. The lowest BCUT2D eigenvalue weighted by Gasteiger charge is -2.12. The summed E-state index contributed by atoms with van der Waals surface area (Å²) >= 11 is 0. The van der Waals surface area contributed by atoms with E-state index in [1.165, 1.54) is 0 Å². The number of carbonyl (C=O) groups is 2. The highest BCUT2D eigenvalue weighted by Gasteiger charge is 2.10. The Morgan fingerprint density at radius 2 is 2.17 bits per heavy atom. The summed E-state index contributed by atoms with van der Waals surface area (Å²) in [4.78, 5) is 26.0. The fraction of sp³-hybridized carbons (Fsp3) is 0.417. The lowest BCUT2D eigenvalue weighted by Crippen LogP contribution is -2.41. The normalized spacial score (nSPS) is 11.7. The molecule has 3 N–H and O–H groups in total. The Kier molecular flexibility index (Phi) is 5.10. The second-order valence-electron chi connectivity index (χ2n) is 4.13. The van der Waals surface area contributed by atoms with E-state index in [0.717, 1.165) is 11.3 Å². The molecule has 0 aliphatic carbocycles. The van der Waals surface area contributed by atoms with Gasteiger partial charge in [-0.25, -0.2) is 4.79 Å². The average molecular weight is 251 g/mol. The Morgan fingerprint density at radius 3 is 2.72 bits per heavy atom. The zero-order valence-corrected chi connectivity index (χ0v) is 10.4. The third-order valence-corrected chi connectivity index (χ3v) is 2.28. The second-order valence-corrected chi connectivity index (χ2v) is 4.13. The molecule has 6 nitrogen and oxygen atoms in total. The van der Waals surface area contributed by atoms with Crippen molar-refractivity contribution in [2.75, 3.05) is 0 Å². The number of urea groups is 1. The van der Waals surface area contributed by atoms with Crippen molar-refractivity contribution in [2.24, 2.45) is 0 Å². The first kappa shape index (κ1) is 14.0. The van der Waals surface area contributed by atoms with Crippen LogP contribution in [0.3, 0.4) is 0 Å². The summed E-state index contributed by atoms with van der Waals surface area (Å²) in [6, 6.07) is 2.95. The van der Waals surface area contributed by atoms with Crippen LogP contribution in [0.2, 0.25) is 0 Å². The molecule has 1 aromatic heterocycles. The van der Waals surface area contributed by atoms with Gasteiger partial charge in [-0.2, -0.15) is 0 Å². The lowest BCUT2D eigenvalue weighted by atomic mass is 10.2. The van der Waals surface area contributed by atoms with Gasteiger partial charge in [-0.1, -0.05) is 6.07 Å². The van der Waals surface area contributed by atoms with Gasteiger partial charge < -0.3 is 15.7 Å². The zero-order chi connectivity index (χ0) is 13.5. The molecule has 0 aliphatic rings. The highest BCUT2D eigenvalue weighted by Crippen LogP contribution is 1.98. The maximum Gasteiger partial charge on any atom is 0.315 e. The van der Waals surface area contributed by atoms with Crippen LogP contribution in [0.1, 0.15) is 24.6 Å². The van der Waals surface area contributed by atoms with Crippen LogP contribution in [0, 0.1) is 6.92 Å². The van der Waals surface area contributed by atoms with Crippen molar-refractivity contribution in [3.8, 4) is 0 Å². The molecule has 18 heavy (non-hydrogen) atoms. The average Bonchev–Trinajstić information content (AvgIpc) is 2.27. The number of carbonyl (C=O) groups excluding carboxylic acids is 1. The lowest BCUT2D eigenvalue weighted by molar-refractivity contribution is -0.137. The van der Waals surface area contributed by atoms with Gasteiger partial charge in [0.1, 0.15) is 0 Å². The molecule has 1 aromatic rings. The largest absolute Gasteiger partial charge is 0.481 e. The van der Waals surface area contributed by atoms with Gasteiger partial charge in [0, 0.05) is 24.5 Å². The van der Waals surface area contributed by atoms with Crippen LogP contribution in [-0.4, -0.2) is 28.1 Å². The number of hydrogen-bond donors (Lipinski definition) is 3. The van der Waals surface area contributed by atoms with Crippen molar-refractivity contribution in [3.05, 3.63) is 29.6 Å². The Morgan fingerprint density at radius 1 is 1.44 bits per heavy atom. The van der Waals surface area contributed by atoms with E-state index in [4.69, 9.17) is 5.11 Å². The molecule has 2 amide bonds.